The van der Waals surface area contributed by atoms with Crippen LogP contribution >= 0.6 is 11.3 Å². The minimum absolute atomic E-state index is 0.0163. The molecule has 0 radical (unpaired) electrons. The molecule has 160 valence electrons. The van der Waals surface area contributed by atoms with Gasteiger partial charge in [0.2, 0.25) is 10.1 Å². The molecule has 1 aliphatic heterocycles. The van der Waals surface area contributed by atoms with Gasteiger partial charge in [0.1, 0.15) is 11.6 Å². The predicted octanol–water partition coefficient (Wildman–Crippen LogP) is 4.77. The van der Waals surface area contributed by atoms with Crippen molar-refractivity contribution in [1.82, 2.24) is 14.6 Å². The van der Waals surface area contributed by atoms with Crippen molar-refractivity contribution in [2.24, 2.45) is 0 Å². The number of benzene rings is 2. The van der Waals surface area contributed by atoms with Crippen LogP contribution in [0.15, 0.2) is 54.7 Å². The number of anilines is 1. The lowest BCUT2D eigenvalue weighted by Crippen LogP contribution is -2.40. The number of hydrogen-bond donors (Lipinski definition) is 1. The highest BCUT2D eigenvalue weighted by atomic mass is 32.1. The summed E-state index contributed by atoms with van der Waals surface area (Å²) >= 11 is 1.51. The number of methoxy groups -OCH3 is 1. The summed E-state index contributed by atoms with van der Waals surface area (Å²) in [5, 5.41) is 9.01. The smallest absolute Gasteiger partial charge is 0.214 e. The van der Waals surface area contributed by atoms with Crippen molar-refractivity contribution in [3.05, 3.63) is 66.1 Å². The second-order valence-electron chi connectivity index (χ2n) is 7.74. The molecule has 4 aromatic rings. The van der Waals surface area contributed by atoms with E-state index >= 15 is 0 Å². The monoisotopic (exact) mass is 438 g/mol. The van der Waals surface area contributed by atoms with Crippen LogP contribution in [0.1, 0.15) is 18.4 Å². The number of fused-ring (bicyclic) bond motifs is 1. The van der Waals surface area contributed by atoms with Gasteiger partial charge in [-0.05, 0) is 54.8 Å². The molecule has 2 aromatic carbocycles. The summed E-state index contributed by atoms with van der Waals surface area (Å²) < 4.78 is 25.9. The number of nitrogens with one attached hydrogen (secondary N) is 1. The van der Waals surface area contributed by atoms with E-state index in [1.54, 1.807) is 23.8 Å². The van der Waals surface area contributed by atoms with Gasteiger partial charge in [-0.3, -0.25) is 0 Å². The molecule has 1 N–H and O–H groups in total. The van der Waals surface area contributed by atoms with Crippen LogP contribution in [0.4, 0.5) is 9.52 Å². The van der Waals surface area contributed by atoms with E-state index in [0.717, 1.165) is 59.7 Å². The molecule has 1 fully saturated rings. The van der Waals surface area contributed by atoms with E-state index < -0.39 is 0 Å². The number of halogens is 1. The Kier molecular flexibility index (Phi) is 5.33. The van der Waals surface area contributed by atoms with Crippen molar-refractivity contribution in [2.75, 3.05) is 32.2 Å². The molecule has 31 heavy (non-hydrogen) atoms. The first-order valence-electron chi connectivity index (χ1n) is 10.2. The minimum atomic E-state index is -0.256. The van der Waals surface area contributed by atoms with Gasteiger partial charge in [-0.15, -0.1) is 5.10 Å². The third kappa shape index (κ3) is 4.00. The number of aromatic nitrogens is 3. The van der Waals surface area contributed by atoms with E-state index in [2.05, 4.69) is 27.5 Å². The summed E-state index contributed by atoms with van der Waals surface area (Å²) in [6.45, 7) is 2.26. The van der Waals surface area contributed by atoms with E-state index in [1.807, 2.05) is 18.3 Å². The van der Waals surface area contributed by atoms with Crippen molar-refractivity contribution in [2.45, 2.75) is 18.3 Å². The SMILES string of the molecule is COc1ccc(C2(CNc3nn4cc(-c5ccc(F)cc5)nc4s3)CCOCC2)cc1. The molecule has 1 saturated heterocycles. The Hall–Kier alpha value is -2.97. The minimum Gasteiger partial charge on any atom is -0.497 e. The van der Waals surface area contributed by atoms with E-state index in [9.17, 15) is 4.39 Å². The molecule has 6 nitrogen and oxygen atoms in total. The maximum absolute atomic E-state index is 13.2. The standard InChI is InChI=1S/C23H23FN4O2S/c1-29-19-8-4-17(5-9-19)23(10-12-30-13-11-23)15-25-21-27-28-14-20(26-22(28)31-21)16-2-6-18(24)7-3-16/h2-9,14H,10-13,15H2,1H3,(H,25,27). The molecule has 0 atom stereocenters. The maximum Gasteiger partial charge on any atom is 0.214 e. The molecule has 0 bridgehead atoms. The van der Waals surface area contributed by atoms with Gasteiger partial charge in [0.05, 0.1) is 19.0 Å². The average Bonchev–Trinajstić information content (AvgIpc) is 3.38. The molecular weight excluding hydrogens is 415 g/mol. The summed E-state index contributed by atoms with van der Waals surface area (Å²) in [5.41, 5.74) is 2.92. The van der Waals surface area contributed by atoms with Crippen LogP contribution < -0.4 is 10.1 Å². The Morgan fingerprint density at radius 1 is 1.13 bits per heavy atom. The highest BCUT2D eigenvalue weighted by Gasteiger charge is 2.34. The fourth-order valence-corrected chi connectivity index (χ4v) is 4.83. The molecular formula is C23H23FN4O2S. The highest BCUT2D eigenvalue weighted by Crippen LogP contribution is 2.36. The third-order valence-electron chi connectivity index (χ3n) is 5.91. The van der Waals surface area contributed by atoms with Crippen molar-refractivity contribution < 1.29 is 13.9 Å². The molecule has 0 saturated carbocycles. The van der Waals surface area contributed by atoms with E-state index in [1.165, 1.54) is 29.0 Å². The lowest BCUT2D eigenvalue weighted by Gasteiger charge is -2.38. The molecule has 0 spiro atoms. The van der Waals surface area contributed by atoms with E-state index in [-0.39, 0.29) is 11.2 Å². The van der Waals surface area contributed by atoms with Crippen LogP contribution in [0, 0.1) is 5.82 Å². The van der Waals surface area contributed by atoms with Gasteiger partial charge in [0, 0.05) is 30.7 Å². The van der Waals surface area contributed by atoms with E-state index in [0.29, 0.717) is 0 Å². The number of nitrogens with zero attached hydrogens (tertiary/aromatic N) is 3. The van der Waals surface area contributed by atoms with Gasteiger partial charge in [-0.25, -0.2) is 13.9 Å². The second kappa shape index (κ2) is 8.28. The normalized spacial score (nSPS) is 15.8. The lowest BCUT2D eigenvalue weighted by atomic mass is 9.74. The van der Waals surface area contributed by atoms with Crippen molar-refractivity contribution >= 4 is 21.4 Å². The van der Waals surface area contributed by atoms with Gasteiger partial charge < -0.3 is 14.8 Å². The number of hydrogen-bond acceptors (Lipinski definition) is 6. The first-order valence-corrected chi connectivity index (χ1v) is 11.1. The van der Waals surface area contributed by atoms with Crippen molar-refractivity contribution in [3.8, 4) is 17.0 Å². The van der Waals surface area contributed by atoms with Crippen LogP contribution in [0.2, 0.25) is 0 Å². The van der Waals surface area contributed by atoms with Crippen LogP contribution in [-0.4, -0.2) is 41.5 Å². The fourth-order valence-electron chi connectivity index (χ4n) is 4.05. The highest BCUT2D eigenvalue weighted by molar-refractivity contribution is 7.20. The predicted molar refractivity (Wildman–Crippen MR) is 119 cm³/mol. The summed E-state index contributed by atoms with van der Waals surface area (Å²) in [4.78, 5) is 5.44. The molecule has 0 unspecified atom stereocenters. The summed E-state index contributed by atoms with van der Waals surface area (Å²) in [5.74, 6) is 0.602. The first-order chi connectivity index (χ1) is 15.1. The van der Waals surface area contributed by atoms with Gasteiger partial charge >= 0.3 is 0 Å². The Balaban J connectivity index is 1.35. The molecule has 5 rings (SSSR count). The number of ether oxygens (including phenoxy) is 2. The van der Waals surface area contributed by atoms with Gasteiger partial charge in [0.15, 0.2) is 0 Å². The fraction of sp³-hybridized carbons (Fsp3) is 0.304. The molecule has 2 aromatic heterocycles. The van der Waals surface area contributed by atoms with Crippen LogP contribution in [0.25, 0.3) is 16.2 Å². The number of rotatable bonds is 6. The molecule has 0 aliphatic carbocycles. The van der Waals surface area contributed by atoms with Crippen LogP contribution in [0.3, 0.4) is 0 Å². The zero-order chi connectivity index (χ0) is 21.3. The van der Waals surface area contributed by atoms with Crippen molar-refractivity contribution in [3.63, 3.8) is 0 Å². The Bertz CT molecular complexity index is 1130. The van der Waals surface area contributed by atoms with Crippen molar-refractivity contribution in [1.29, 1.82) is 0 Å². The maximum atomic E-state index is 13.2. The summed E-state index contributed by atoms with van der Waals surface area (Å²) in [7, 11) is 1.68. The Morgan fingerprint density at radius 2 is 1.87 bits per heavy atom. The summed E-state index contributed by atoms with van der Waals surface area (Å²) in [6.07, 6.45) is 3.77. The first kappa shape index (κ1) is 20.0. The average molecular weight is 439 g/mol. The van der Waals surface area contributed by atoms with Gasteiger partial charge in [-0.2, -0.15) is 0 Å². The van der Waals surface area contributed by atoms with E-state index in [4.69, 9.17) is 9.47 Å². The van der Waals surface area contributed by atoms with Crippen LogP contribution in [-0.2, 0) is 10.2 Å². The number of imidazole rings is 1. The Morgan fingerprint density at radius 3 is 2.55 bits per heavy atom. The molecule has 3 heterocycles. The zero-order valence-corrected chi connectivity index (χ0v) is 18.0. The Labute approximate surface area is 183 Å². The zero-order valence-electron chi connectivity index (χ0n) is 17.2. The second-order valence-corrected chi connectivity index (χ2v) is 8.70. The molecule has 1 aliphatic rings. The third-order valence-corrected chi connectivity index (χ3v) is 6.79. The quantitative estimate of drug-likeness (QED) is 0.470. The lowest BCUT2D eigenvalue weighted by molar-refractivity contribution is 0.0544. The largest absolute Gasteiger partial charge is 0.497 e. The topological polar surface area (TPSA) is 60.7 Å². The van der Waals surface area contributed by atoms with Gasteiger partial charge in [0.25, 0.3) is 0 Å². The molecule has 0 amide bonds. The van der Waals surface area contributed by atoms with Gasteiger partial charge in [-0.1, -0.05) is 23.5 Å². The van der Waals surface area contributed by atoms with Crippen LogP contribution in [0.5, 0.6) is 5.75 Å². The summed E-state index contributed by atoms with van der Waals surface area (Å²) in [6, 6.07) is 14.7. The molecule has 8 heteroatoms.